The second-order valence-corrected chi connectivity index (χ2v) is 29.5. The molecule has 0 saturated carbocycles. The fourth-order valence-corrected chi connectivity index (χ4v) is 16.4. The molecule has 0 atom stereocenters. The van der Waals surface area contributed by atoms with Gasteiger partial charge >= 0.3 is 0 Å². The molecule has 0 unspecified atom stereocenters. The standard InChI is InChI=1S/3C34H22N4O/c1-21-16-17-30-26(18-21)27-19-25-24-14-8-9-15-28(24)38(29(25)20-31(27)39-30)34-36-32(22-10-4-2-5-11-22)35-33(37-34)23-12-6-3-7-13-23;2*1-21-16-17-25-27-19-26-24-14-8-9-15-28(24)38(29(26)20-31(27)39-30(25)18-21)34-36-32(22-10-4-2-5-11-22)35-33(37-34)23-12-6-3-7-13-23/h3*2-20H,1H3. The lowest BCUT2D eigenvalue weighted by Crippen LogP contribution is -2.06. The van der Waals surface area contributed by atoms with Crippen LogP contribution in [0.1, 0.15) is 16.7 Å². The molecule has 117 heavy (non-hydrogen) atoms. The SMILES string of the molecule is Cc1ccc2c(c1)oc1cc3c(cc12)c1ccccc1n3-c1nc(-c2ccccc2)nc(-c2ccccc2)n1.Cc1ccc2c(c1)oc1cc3c(cc12)c1ccccc1n3-c1nc(-c2ccccc2)nc(-c2ccccc2)n1.Cc1ccc2oc3cc4c(cc3c2c1)c1ccccc1n4-c1nc(-c2ccccc2)nc(-c2ccccc2)n1. The van der Waals surface area contributed by atoms with E-state index in [9.17, 15) is 0 Å². The summed E-state index contributed by atoms with van der Waals surface area (Å²) in [6, 6.07) is 118. The third-order valence-electron chi connectivity index (χ3n) is 21.9. The summed E-state index contributed by atoms with van der Waals surface area (Å²) in [6.07, 6.45) is 0. The highest BCUT2D eigenvalue weighted by molar-refractivity contribution is 6.20. The molecule has 15 aromatic carbocycles. The number of para-hydroxylation sites is 3. The Hall–Kier alpha value is -15.9. The molecule has 0 spiro atoms. The molecule has 9 heterocycles. The largest absolute Gasteiger partial charge is 0.456 e. The first-order chi connectivity index (χ1) is 57.7. The molecule has 24 rings (SSSR count). The van der Waals surface area contributed by atoms with Crippen LogP contribution in [0.5, 0.6) is 0 Å². The molecule has 15 heteroatoms. The summed E-state index contributed by atoms with van der Waals surface area (Å²) in [5.41, 5.74) is 20.5. The van der Waals surface area contributed by atoms with Crippen LogP contribution in [0.25, 0.3) is 217 Å². The lowest BCUT2D eigenvalue weighted by atomic mass is 10.1. The van der Waals surface area contributed by atoms with Crippen LogP contribution < -0.4 is 0 Å². The molecule has 0 bridgehead atoms. The van der Waals surface area contributed by atoms with E-state index in [0.717, 1.165) is 165 Å². The first kappa shape index (κ1) is 68.0. The van der Waals surface area contributed by atoms with E-state index in [1.807, 2.05) is 188 Å². The van der Waals surface area contributed by atoms with Crippen molar-refractivity contribution in [1.82, 2.24) is 58.6 Å². The Balaban J connectivity index is 0.000000106. The average Bonchev–Trinajstić information content (AvgIpc) is 1.58. The van der Waals surface area contributed by atoms with Gasteiger partial charge in [0, 0.05) is 116 Å². The van der Waals surface area contributed by atoms with Gasteiger partial charge in [0.1, 0.15) is 33.5 Å². The summed E-state index contributed by atoms with van der Waals surface area (Å²) < 4.78 is 25.4. The maximum absolute atomic E-state index is 6.35. The fraction of sp³-hybridized carbons (Fsp3) is 0.0294. The monoisotopic (exact) mass is 1510 g/mol. The fourth-order valence-electron chi connectivity index (χ4n) is 16.4. The van der Waals surface area contributed by atoms with Gasteiger partial charge in [-0.15, -0.1) is 0 Å². The van der Waals surface area contributed by atoms with Crippen molar-refractivity contribution in [1.29, 1.82) is 0 Å². The quantitative estimate of drug-likeness (QED) is 0.134. The highest BCUT2D eigenvalue weighted by atomic mass is 16.3. The normalized spacial score (nSPS) is 11.7. The molecule has 0 aliphatic heterocycles. The molecule has 0 aliphatic rings. The molecule has 0 N–H and O–H groups in total. The van der Waals surface area contributed by atoms with Crippen molar-refractivity contribution in [2.24, 2.45) is 0 Å². The smallest absolute Gasteiger partial charge is 0.238 e. The molecule has 0 radical (unpaired) electrons. The van der Waals surface area contributed by atoms with Crippen LogP contribution in [0.3, 0.4) is 0 Å². The minimum atomic E-state index is 0.570. The van der Waals surface area contributed by atoms with Crippen molar-refractivity contribution in [2.75, 3.05) is 0 Å². The van der Waals surface area contributed by atoms with Gasteiger partial charge in [0.25, 0.3) is 0 Å². The molecule has 0 amide bonds. The van der Waals surface area contributed by atoms with Gasteiger partial charge in [-0.2, -0.15) is 29.9 Å². The van der Waals surface area contributed by atoms with Crippen LogP contribution in [0, 0.1) is 20.8 Å². The maximum Gasteiger partial charge on any atom is 0.238 e. The lowest BCUT2D eigenvalue weighted by molar-refractivity contribution is 0.668. The highest BCUT2D eigenvalue weighted by Gasteiger charge is 2.25. The van der Waals surface area contributed by atoms with Crippen LogP contribution in [0.2, 0.25) is 0 Å². The summed E-state index contributed by atoms with van der Waals surface area (Å²) in [7, 11) is 0. The lowest BCUT2D eigenvalue weighted by Gasteiger charge is -2.10. The summed E-state index contributed by atoms with van der Waals surface area (Å²) in [5, 5.41) is 13.5. The number of rotatable bonds is 9. The van der Waals surface area contributed by atoms with Gasteiger partial charge in [-0.1, -0.05) is 272 Å². The zero-order chi connectivity index (χ0) is 77.8. The number of furan rings is 3. The molecule has 24 aromatic rings. The molecule has 0 saturated heterocycles. The Morgan fingerprint density at radius 1 is 0.171 bits per heavy atom. The molecule has 15 nitrogen and oxygen atoms in total. The van der Waals surface area contributed by atoms with Crippen molar-refractivity contribution in [3.8, 4) is 86.2 Å². The minimum Gasteiger partial charge on any atom is -0.456 e. The minimum absolute atomic E-state index is 0.570. The number of aryl methyl sites for hydroxylation is 3. The van der Waals surface area contributed by atoms with Crippen LogP contribution in [-0.2, 0) is 0 Å². The second kappa shape index (κ2) is 27.8. The number of nitrogens with zero attached hydrogens (tertiary/aromatic N) is 12. The Morgan fingerprint density at radius 2 is 0.410 bits per heavy atom. The number of aromatic nitrogens is 12. The topological polar surface area (TPSA) is 170 Å². The third-order valence-corrected chi connectivity index (χ3v) is 21.9. The highest BCUT2D eigenvalue weighted by Crippen LogP contribution is 2.43. The summed E-state index contributed by atoms with van der Waals surface area (Å²) in [5.74, 6) is 5.49. The number of benzene rings is 15. The van der Waals surface area contributed by atoms with Gasteiger partial charge in [-0.3, -0.25) is 13.7 Å². The van der Waals surface area contributed by atoms with E-state index in [0.29, 0.717) is 52.8 Å². The Bertz CT molecular complexity index is 7350. The van der Waals surface area contributed by atoms with Gasteiger partial charge in [0.15, 0.2) is 34.9 Å². The molecular weight excluding hydrogens is 1440 g/mol. The van der Waals surface area contributed by atoms with Gasteiger partial charge in [0.05, 0.1) is 33.1 Å². The van der Waals surface area contributed by atoms with E-state index in [1.54, 1.807) is 0 Å². The van der Waals surface area contributed by atoms with Gasteiger partial charge in [-0.05, 0) is 92.6 Å². The van der Waals surface area contributed by atoms with Crippen molar-refractivity contribution >= 4 is 131 Å². The summed E-state index contributed by atoms with van der Waals surface area (Å²) in [4.78, 5) is 44.7. The van der Waals surface area contributed by atoms with Crippen LogP contribution in [0.4, 0.5) is 0 Å². The number of fused-ring (bicyclic) bond motifs is 18. The van der Waals surface area contributed by atoms with Crippen molar-refractivity contribution < 1.29 is 13.3 Å². The van der Waals surface area contributed by atoms with Crippen molar-refractivity contribution in [2.45, 2.75) is 20.8 Å². The van der Waals surface area contributed by atoms with E-state index >= 15 is 0 Å². The zero-order valence-corrected chi connectivity index (χ0v) is 63.5. The number of hydrogen-bond donors (Lipinski definition) is 0. The molecule has 0 aliphatic carbocycles. The first-order valence-electron chi connectivity index (χ1n) is 38.9. The molecular formula is C102H66N12O3. The summed E-state index contributed by atoms with van der Waals surface area (Å²) in [6.45, 7) is 6.28. The molecule has 9 aromatic heterocycles. The van der Waals surface area contributed by atoms with Gasteiger partial charge in [0.2, 0.25) is 17.8 Å². The molecule has 552 valence electrons. The Kier molecular flexibility index (Phi) is 16.2. The first-order valence-corrected chi connectivity index (χ1v) is 38.9. The van der Waals surface area contributed by atoms with Gasteiger partial charge in [-0.25, -0.2) is 15.0 Å². The van der Waals surface area contributed by atoms with E-state index < -0.39 is 0 Å². The number of hydrogen-bond acceptors (Lipinski definition) is 12. The third kappa shape index (κ3) is 11.9. The van der Waals surface area contributed by atoms with E-state index in [2.05, 4.69) is 192 Å². The van der Waals surface area contributed by atoms with E-state index in [4.69, 9.17) is 58.1 Å². The van der Waals surface area contributed by atoms with Crippen LogP contribution in [0.15, 0.2) is 359 Å². The predicted octanol–water partition coefficient (Wildman–Crippen LogP) is 25.5. The predicted molar refractivity (Wildman–Crippen MR) is 471 cm³/mol. The van der Waals surface area contributed by atoms with E-state index in [1.165, 1.54) is 16.7 Å². The summed E-state index contributed by atoms with van der Waals surface area (Å²) >= 11 is 0. The Labute approximate surface area is 668 Å². The van der Waals surface area contributed by atoms with Gasteiger partial charge < -0.3 is 13.3 Å². The molecule has 0 fully saturated rings. The average molecular weight is 1510 g/mol. The maximum atomic E-state index is 6.35. The van der Waals surface area contributed by atoms with Crippen LogP contribution >= 0.6 is 0 Å². The van der Waals surface area contributed by atoms with Crippen molar-refractivity contribution in [3.05, 3.63) is 362 Å². The zero-order valence-electron chi connectivity index (χ0n) is 63.5. The van der Waals surface area contributed by atoms with Crippen LogP contribution in [-0.4, -0.2) is 58.6 Å². The second-order valence-electron chi connectivity index (χ2n) is 29.5. The Morgan fingerprint density at radius 3 is 0.718 bits per heavy atom. The van der Waals surface area contributed by atoms with Crippen molar-refractivity contribution in [3.63, 3.8) is 0 Å². The van der Waals surface area contributed by atoms with E-state index in [-0.39, 0.29) is 0 Å².